The number of methoxy groups -OCH3 is 1. The summed E-state index contributed by atoms with van der Waals surface area (Å²) >= 11 is 9.28. The molecule has 0 saturated heterocycles. The molecule has 122 valence electrons. The van der Waals surface area contributed by atoms with Crippen molar-refractivity contribution in [2.24, 2.45) is 0 Å². The van der Waals surface area contributed by atoms with Crippen LogP contribution in [0.5, 0.6) is 5.75 Å². The van der Waals surface area contributed by atoms with Gasteiger partial charge in [-0.1, -0.05) is 32.6 Å². The average molecular weight is 409 g/mol. The van der Waals surface area contributed by atoms with Gasteiger partial charge in [0.25, 0.3) is 5.91 Å². The molecule has 0 bridgehead atoms. The van der Waals surface area contributed by atoms with Crippen LogP contribution < -0.4 is 10.1 Å². The molecule has 6 nitrogen and oxygen atoms in total. The summed E-state index contributed by atoms with van der Waals surface area (Å²) < 4.78 is 11.6. The van der Waals surface area contributed by atoms with Gasteiger partial charge in [0.15, 0.2) is 0 Å². The molecule has 0 unspecified atom stereocenters. The van der Waals surface area contributed by atoms with E-state index in [9.17, 15) is 4.79 Å². The minimum absolute atomic E-state index is 0.0139. The zero-order valence-corrected chi connectivity index (χ0v) is 14.8. The maximum Gasteiger partial charge on any atom is 0.322 e. The number of anilines is 1. The van der Waals surface area contributed by atoms with E-state index in [0.29, 0.717) is 16.7 Å². The number of hydrogen-bond acceptors (Lipinski definition) is 5. The van der Waals surface area contributed by atoms with Gasteiger partial charge in [-0.2, -0.15) is 0 Å². The molecule has 0 aliphatic carbocycles. The number of rotatable bonds is 4. The Morgan fingerprint density at radius 2 is 1.96 bits per heavy atom. The molecule has 1 amide bonds. The van der Waals surface area contributed by atoms with E-state index in [0.717, 1.165) is 10.0 Å². The van der Waals surface area contributed by atoms with Gasteiger partial charge in [-0.05, 0) is 42.5 Å². The summed E-state index contributed by atoms with van der Waals surface area (Å²) in [7, 11) is 1.47. The van der Waals surface area contributed by atoms with E-state index >= 15 is 0 Å². The standard InChI is InChI=1S/C16H11BrClN3O3/c1-23-13-7-6-11(18)8-12(13)14(22)19-16-21-20-15(24-16)9-2-4-10(17)5-3-9/h2-8H,1H3,(H,19,21,22). The van der Waals surface area contributed by atoms with Gasteiger partial charge >= 0.3 is 6.01 Å². The van der Waals surface area contributed by atoms with E-state index in [-0.39, 0.29) is 11.6 Å². The van der Waals surface area contributed by atoms with Gasteiger partial charge in [-0.15, -0.1) is 5.10 Å². The van der Waals surface area contributed by atoms with Crippen molar-refractivity contribution in [2.45, 2.75) is 0 Å². The highest BCUT2D eigenvalue weighted by atomic mass is 79.9. The van der Waals surface area contributed by atoms with Crippen molar-refractivity contribution in [3.05, 3.63) is 57.5 Å². The maximum absolute atomic E-state index is 12.4. The summed E-state index contributed by atoms with van der Waals surface area (Å²) in [4.78, 5) is 12.4. The van der Waals surface area contributed by atoms with E-state index in [1.54, 1.807) is 12.1 Å². The fourth-order valence-corrected chi connectivity index (χ4v) is 2.44. The second-order valence-electron chi connectivity index (χ2n) is 4.72. The number of ether oxygens (including phenoxy) is 1. The largest absolute Gasteiger partial charge is 0.496 e. The lowest BCUT2D eigenvalue weighted by molar-refractivity contribution is 0.102. The van der Waals surface area contributed by atoms with Crippen LogP contribution in [0.15, 0.2) is 51.4 Å². The zero-order valence-electron chi connectivity index (χ0n) is 12.4. The van der Waals surface area contributed by atoms with E-state index in [1.807, 2.05) is 24.3 Å². The van der Waals surface area contributed by atoms with Crippen molar-refractivity contribution >= 4 is 39.5 Å². The number of halogens is 2. The predicted molar refractivity (Wildman–Crippen MR) is 93.4 cm³/mol. The summed E-state index contributed by atoms with van der Waals surface area (Å²) in [5.41, 5.74) is 1.01. The fourth-order valence-electron chi connectivity index (χ4n) is 2.00. The third-order valence-corrected chi connectivity index (χ3v) is 3.91. The minimum atomic E-state index is -0.458. The zero-order chi connectivity index (χ0) is 17.1. The average Bonchev–Trinajstić information content (AvgIpc) is 3.04. The van der Waals surface area contributed by atoms with E-state index in [2.05, 4.69) is 31.4 Å². The van der Waals surface area contributed by atoms with Crippen molar-refractivity contribution < 1.29 is 13.9 Å². The molecule has 0 fully saturated rings. The molecule has 24 heavy (non-hydrogen) atoms. The van der Waals surface area contributed by atoms with Crippen molar-refractivity contribution in [1.29, 1.82) is 0 Å². The highest BCUT2D eigenvalue weighted by molar-refractivity contribution is 9.10. The van der Waals surface area contributed by atoms with Crippen molar-refractivity contribution in [2.75, 3.05) is 12.4 Å². The highest BCUT2D eigenvalue weighted by Gasteiger charge is 2.16. The van der Waals surface area contributed by atoms with Crippen LogP contribution in [0.25, 0.3) is 11.5 Å². The van der Waals surface area contributed by atoms with Crippen molar-refractivity contribution in [3.8, 4) is 17.2 Å². The summed E-state index contributed by atoms with van der Waals surface area (Å²) in [6, 6.07) is 12.1. The molecular weight excluding hydrogens is 398 g/mol. The highest BCUT2D eigenvalue weighted by Crippen LogP contribution is 2.25. The van der Waals surface area contributed by atoms with Gasteiger partial charge in [-0.3, -0.25) is 10.1 Å². The molecular formula is C16H11BrClN3O3. The minimum Gasteiger partial charge on any atom is -0.496 e. The maximum atomic E-state index is 12.4. The number of hydrogen-bond donors (Lipinski definition) is 1. The Labute approximate surface area is 150 Å². The monoisotopic (exact) mass is 407 g/mol. The Morgan fingerprint density at radius 1 is 1.21 bits per heavy atom. The summed E-state index contributed by atoms with van der Waals surface area (Å²) in [6.07, 6.45) is 0. The molecule has 0 atom stereocenters. The summed E-state index contributed by atoms with van der Waals surface area (Å²) in [6.45, 7) is 0. The number of amides is 1. The van der Waals surface area contributed by atoms with Crippen LogP contribution in [0, 0.1) is 0 Å². The molecule has 1 heterocycles. The van der Waals surface area contributed by atoms with Crippen LogP contribution in [0.2, 0.25) is 5.02 Å². The molecule has 8 heteroatoms. The molecule has 0 aliphatic heterocycles. The Kier molecular flexibility index (Phi) is 4.82. The summed E-state index contributed by atoms with van der Waals surface area (Å²) in [5.74, 6) is 0.237. The van der Waals surface area contributed by atoms with Gasteiger partial charge in [-0.25, -0.2) is 0 Å². The quantitative estimate of drug-likeness (QED) is 0.692. The number of carbonyl (C=O) groups excluding carboxylic acids is 1. The third-order valence-electron chi connectivity index (χ3n) is 3.14. The topological polar surface area (TPSA) is 77.2 Å². The SMILES string of the molecule is COc1ccc(Cl)cc1C(=O)Nc1nnc(-c2ccc(Br)cc2)o1. The number of nitrogens with one attached hydrogen (secondary N) is 1. The normalized spacial score (nSPS) is 10.5. The number of nitrogens with zero attached hydrogens (tertiary/aromatic N) is 2. The molecule has 0 radical (unpaired) electrons. The Morgan fingerprint density at radius 3 is 2.67 bits per heavy atom. The number of aromatic nitrogens is 2. The third kappa shape index (κ3) is 3.58. The first-order valence-corrected chi connectivity index (χ1v) is 7.98. The molecule has 0 spiro atoms. The predicted octanol–water partition coefficient (Wildman–Crippen LogP) is 4.41. The number of benzene rings is 2. The van der Waals surface area contributed by atoms with Gasteiger partial charge < -0.3 is 9.15 Å². The lowest BCUT2D eigenvalue weighted by Crippen LogP contribution is -2.13. The van der Waals surface area contributed by atoms with Gasteiger partial charge in [0.1, 0.15) is 5.75 Å². The van der Waals surface area contributed by atoms with E-state index in [1.165, 1.54) is 13.2 Å². The Bertz CT molecular complexity index is 881. The molecule has 0 aliphatic rings. The first kappa shape index (κ1) is 16.5. The Balaban J connectivity index is 1.81. The second kappa shape index (κ2) is 7.02. The van der Waals surface area contributed by atoms with Gasteiger partial charge in [0, 0.05) is 15.1 Å². The van der Waals surface area contributed by atoms with Crippen LogP contribution >= 0.6 is 27.5 Å². The fraction of sp³-hybridized carbons (Fsp3) is 0.0625. The van der Waals surface area contributed by atoms with Crippen LogP contribution in [-0.4, -0.2) is 23.2 Å². The first-order chi connectivity index (χ1) is 11.6. The molecule has 1 N–H and O–H groups in total. The van der Waals surface area contributed by atoms with E-state index < -0.39 is 5.91 Å². The van der Waals surface area contributed by atoms with Crippen LogP contribution in [0.3, 0.4) is 0 Å². The van der Waals surface area contributed by atoms with Crippen molar-refractivity contribution in [3.63, 3.8) is 0 Å². The first-order valence-electron chi connectivity index (χ1n) is 6.81. The molecule has 1 aromatic heterocycles. The molecule has 2 aromatic carbocycles. The molecule has 3 rings (SSSR count). The van der Waals surface area contributed by atoms with Crippen LogP contribution in [-0.2, 0) is 0 Å². The lowest BCUT2D eigenvalue weighted by Gasteiger charge is -2.07. The smallest absolute Gasteiger partial charge is 0.322 e. The summed E-state index contributed by atoms with van der Waals surface area (Å²) in [5, 5.41) is 10.7. The van der Waals surface area contributed by atoms with Gasteiger partial charge in [0.05, 0.1) is 12.7 Å². The Hall–Kier alpha value is -2.38. The van der Waals surface area contributed by atoms with Crippen LogP contribution in [0.4, 0.5) is 6.01 Å². The molecule has 0 saturated carbocycles. The lowest BCUT2D eigenvalue weighted by atomic mass is 10.2. The number of carbonyl (C=O) groups is 1. The van der Waals surface area contributed by atoms with E-state index in [4.69, 9.17) is 20.8 Å². The van der Waals surface area contributed by atoms with Gasteiger partial charge in [0.2, 0.25) is 5.89 Å². The molecule has 3 aromatic rings. The van der Waals surface area contributed by atoms with Crippen LogP contribution in [0.1, 0.15) is 10.4 Å². The van der Waals surface area contributed by atoms with Crippen molar-refractivity contribution in [1.82, 2.24) is 10.2 Å². The second-order valence-corrected chi connectivity index (χ2v) is 6.07.